The topological polar surface area (TPSA) is 12.0 Å². The lowest BCUT2D eigenvalue weighted by atomic mass is 9.92. The predicted octanol–water partition coefficient (Wildman–Crippen LogP) is 3.12. The number of hydrogen-bond donors (Lipinski definition) is 1. The van der Waals surface area contributed by atoms with Gasteiger partial charge in [-0.2, -0.15) is 0 Å². The van der Waals surface area contributed by atoms with Crippen LogP contribution in [0, 0.1) is 11.3 Å². The molecule has 1 N–H and O–H groups in total. The predicted molar refractivity (Wildman–Crippen MR) is 61.3 cm³/mol. The summed E-state index contributed by atoms with van der Waals surface area (Å²) in [6.45, 7) is 8.12. The van der Waals surface area contributed by atoms with E-state index in [0.29, 0.717) is 11.5 Å². The van der Waals surface area contributed by atoms with Crippen LogP contribution in [0.4, 0.5) is 0 Å². The lowest BCUT2D eigenvalue weighted by Crippen LogP contribution is -2.34. The number of hydrogen-bond acceptors (Lipinski definition) is 1. The van der Waals surface area contributed by atoms with Crippen molar-refractivity contribution in [1.82, 2.24) is 5.32 Å². The highest BCUT2D eigenvalue weighted by molar-refractivity contribution is 5.22. The molecule has 1 nitrogen and oxygen atoms in total. The van der Waals surface area contributed by atoms with Gasteiger partial charge in [0.05, 0.1) is 0 Å². The van der Waals surface area contributed by atoms with E-state index in [9.17, 15) is 0 Å². The lowest BCUT2D eigenvalue weighted by molar-refractivity contribution is 0.342. The Hall–Kier alpha value is -0.300. The van der Waals surface area contributed by atoms with Crippen molar-refractivity contribution in [3.05, 3.63) is 11.6 Å². The van der Waals surface area contributed by atoms with Gasteiger partial charge in [-0.15, -0.1) is 0 Å². The molecular formula is C13H23N. The molecule has 2 aliphatic rings. The molecule has 1 fully saturated rings. The summed E-state index contributed by atoms with van der Waals surface area (Å²) >= 11 is 0. The van der Waals surface area contributed by atoms with E-state index in [1.54, 1.807) is 5.57 Å². The molecule has 0 amide bonds. The van der Waals surface area contributed by atoms with Gasteiger partial charge < -0.3 is 5.32 Å². The second-order valence-corrected chi connectivity index (χ2v) is 6.12. The minimum absolute atomic E-state index is 0.470. The van der Waals surface area contributed by atoms with Crippen LogP contribution in [0.2, 0.25) is 0 Å². The fraction of sp³-hybridized carbons (Fsp3) is 0.846. The zero-order valence-electron chi connectivity index (χ0n) is 9.77. The molecule has 0 aromatic carbocycles. The summed E-state index contributed by atoms with van der Waals surface area (Å²) in [5.74, 6) is 0.935. The summed E-state index contributed by atoms with van der Waals surface area (Å²) in [6.07, 6.45) is 7.95. The van der Waals surface area contributed by atoms with E-state index in [1.165, 1.54) is 32.2 Å². The normalized spacial score (nSPS) is 30.9. The number of rotatable bonds is 3. The van der Waals surface area contributed by atoms with Crippen molar-refractivity contribution in [2.45, 2.75) is 52.5 Å². The molecule has 0 heterocycles. The van der Waals surface area contributed by atoms with Gasteiger partial charge in [0.25, 0.3) is 0 Å². The van der Waals surface area contributed by atoms with Gasteiger partial charge in [0.2, 0.25) is 0 Å². The van der Waals surface area contributed by atoms with Crippen molar-refractivity contribution in [1.29, 1.82) is 0 Å². The lowest BCUT2D eigenvalue weighted by Gasteiger charge is -2.23. The number of allylic oxidation sites excluding steroid dienone is 1. The molecule has 1 saturated carbocycles. The summed E-state index contributed by atoms with van der Waals surface area (Å²) in [5, 5.41) is 3.69. The van der Waals surface area contributed by atoms with Crippen molar-refractivity contribution < 1.29 is 0 Å². The van der Waals surface area contributed by atoms with E-state index in [-0.39, 0.29) is 0 Å². The van der Waals surface area contributed by atoms with E-state index in [2.05, 4.69) is 32.2 Å². The first-order valence-corrected chi connectivity index (χ1v) is 5.97. The average molecular weight is 193 g/mol. The third kappa shape index (κ3) is 2.38. The maximum absolute atomic E-state index is 3.69. The molecular weight excluding hydrogens is 170 g/mol. The number of fused-ring (bicyclic) bond motifs is 2. The highest BCUT2D eigenvalue weighted by atomic mass is 14.9. The van der Waals surface area contributed by atoms with Crippen LogP contribution in [0.3, 0.4) is 0 Å². The fourth-order valence-corrected chi connectivity index (χ4v) is 2.60. The molecule has 0 aromatic rings. The van der Waals surface area contributed by atoms with Crippen LogP contribution < -0.4 is 5.32 Å². The summed E-state index contributed by atoms with van der Waals surface area (Å²) in [4.78, 5) is 0. The molecule has 2 aliphatic carbocycles. The van der Waals surface area contributed by atoms with Crippen LogP contribution in [-0.4, -0.2) is 12.6 Å². The van der Waals surface area contributed by atoms with Crippen LogP contribution >= 0.6 is 0 Å². The third-order valence-corrected chi connectivity index (χ3v) is 3.54. The molecule has 0 aromatic heterocycles. The van der Waals surface area contributed by atoms with E-state index in [4.69, 9.17) is 0 Å². The van der Waals surface area contributed by atoms with E-state index in [1.807, 2.05) is 0 Å². The first-order valence-electron chi connectivity index (χ1n) is 5.97. The standard InChI is InChI=1S/C13H23N/c1-13(2,3)6-7-14-12-9-10-4-5-11(12)8-10/h9,11-12,14H,4-8H2,1-3H3. The Balaban J connectivity index is 1.73. The van der Waals surface area contributed by atoms with Gasteiger partial charge in [0.15, 0.2) is 0 Å². The van der Waals surface area contributed by atoms with Gasteiger partial charge in [-0.25, -0.2) is 0 Å². The first kappa shape index (κ1) is 10.2. The summed E-state index contributed by atoms with van der Waals surface area (Å²) in [6, 6.07) is 0.709. The molecule has 2 atom stereocenters. The van der Waals surface area contributed by atoms with Crippen LogP contribution in [0.25, 0.3) is 0 Å². The van der Waals surface area contributed by atoms with Crippen molar-refractivity contribution in [2.75, 3.05) is 6.54 Å². The van der Waals surface area contributed by atoms with Crippen molar-refractivity contribution in [3.8, 4) is 0 Å². The van der Waals surface area contributed by atoms with E-state index in [0.717, 1.165) is 5.92 Å². The minimum Gasteiger partial charge on any atom is -0.310 e. The zero-order chi connectivity index (χ0) is 10.2. The molecule has 2 rings (SSSR count). The maximum Gasteiger partial charge on any atom is 0.0284 e. The molecule has 0 saturated heterocycles. The SMILES string of the molecule is CC(C)(C)CCNC1C=C2CCC1C2. The zero-order valence-corrected chi connectivity index (χ0v) is 9.77. The minimum atomic E-state index is 0.470. The Labute approximate surface area is 88.0 Å². The second kappa shape index (κ2) is 3.69. The Morgan fingerprint density at radius 2 is 2.21 bits per heavy atom. The average Bonchev–Trinajstić information content (AvgIpc) is 2.62. The van der Waals surface area contributed by atoms with Gasteiger partial charge in [-0.05, 0) is 43.6 Å². The van der Waals surface area contributed by atoms with Gasteiger partial charge in [-0.3, -0.25) is 0 Å². The summed E-state index contributed by atoms with van der Waals surface area (Å²) < 4.78 is 0. The van der Waals surface area contributed by atoms with Crippen LogP contribution in [0.15, 0.2) is 11.6 Å². The molecule has 1 heteroatoms. The van der Waals surface area contributed by atoms with Crippen LogP contribution in [0.1, 0.15) is 46.5 Å². The largest absolute Gasteiger partial charge is 0.310 e. The third-order valence-electron chi connectivity index (χ3n) is 3.54. The van der Waals surface area contributed by atoms with Crippen molar-refractivity contribution in [3.63, 3.8) is 0 Å². The summed E-state index contributed by atoms with van der Waals surface area (Å²) in [5.41, 5.74) is 2.18. The Morgan fingerprint density at radius 3 is 2.71 bits per heavy atom. The molecule has 0 spiro atoms. The Morgan fingerprint density at radius 1 is 1.43 bits per heavy atom. The molecule has 0 aliphatic heterocycles. The highest BCUT2D eigenvalue weighted by Gasteiger charge is 2.32. The van der Waals surface area contributed by atoms with Crippen LogP contribution in [0.5, 0.6) is 0 Å². The van der Waals surface area contributed by atoms with Crippen molar-refractivity contribution >= 4 is 0 Å². The molecule has 2 unspecified atom stereocenters. The molecule has 2 bridgehead atoms. The quantitative estimate of drug-likeness (QED) is 0.679. The maximum atomic E-state index is 3.69. The fourth-order valence-electron chi connectivity index (χ4n) is 2.60. The van der Waals surface area contributed by atoms with Crippen LogP contribution in [-0.2, 0) is 0 Å². The molecule has 14 heavy (non-hydrogen) atoms. The smallest absolute Gasteiger partial charge is 0.0284 e. The Kier molecular flexibility index (Phi) is 2.70. The van der Waals surface area contributed by atoms with E-state index < -0.39 is 0 Å². The van der Waals surface area contributed by atoms with Crippen molar-refractivity contribution in [2.24, 2.45) is 11.3 Å². The van der Waals surface area contributed by atoms with Gasteiger partial charge >= 0.3 is 0 Å². The highest BCUT2D eigenvalue weighted by Crippen LogP contribution is 2.39. The summed E-state index contributed by atoms with van der Waals surface area (Å²) in [7, 11) is 0. The van der Waals surface area contributed by atoms with Gasteiger partial charge in [0.1, 0.15) is 0 Å². The molecule has 0 radical (unpaired) electrons. The molecule has 80 valence electrons. The van der Waals surface area contributed by atoms with Gasteiger partial charge in [0, 0.05) is 6.04 Å². The van der Waals surface area contributed by atoms with Gasteiger partial charge in [-0.1, -0.05) is 32.4 Å². The first-order chi connectivity index (χ1) is 6.54. The monoisotopic (exact) mass is 193 g/mol. The number of nitrogens with one attached hydrogen (secondary N) is 1. The Bertz CT molecular complexity index is 234. The van der Waals surface area contributed by atoms with E-state index >= 15 is 0 Å². The second-order valence-electron chi connectivity index (χ2n) is 6.12.